The van der Waals surface area contributed by atoms with Gasteiger partial charge >= 0.3 is 0 Å². The fourth-order valence-corrected chi connectivity index (χ4v) is 3.91. The maximum atomic E-state index is 12.4. The standard InChI is InChI=1S/C18H27N3O/c1-20-10-3-5-18(6-11-20)7-12-21(13-8-18)17(22)14-16-4-2-9-19-15-16/h2,4,9,15H,3,5-8,10-14H2,1H3. The molecule has 4 nitrogen and oxygen atoms in total. The Kier molecular flexibility index (Phi) is 4.77. The highest BCUT2D eigenvalue weighted by atomic mass is 16.2. The summed E-state index contributed by atoms with van der Waals surface area (Å²) in [4.78, 5) is 21.1. The second kappa shape index (κ2) is 6.78. The monoisotopic (exact) mass is 301 g/mol. The fourth-order valence-electron chi connectivity index (χ4n) is 3.91. The van der Waals surface area contributed by atoms with E-state index in [1.54, 1.807) is 12.4 Å². The number of pyridine rings is 1. The van der Waals surface area contributed by atoms with Crippen molar-refractivity contribution in [1.82, 2.24) is 14.8 Å². The van der Waals surface area contributed by atoms with E-state index in [1.165, 1.54) is 45.2 Å². The van der Waals surface area contributed by atoms with Crippen LogP contribution in [-0.4, -0.2) is 53.9 Å². The van der Waals surface area contributed by atoms with Crippen molar-refractivity contribution in [3.63, 3.8) is 0 Å². The molecule has 0 aliphatic carbocycles. The van der Waals surface area contributed by atoms with Gasteiger partial charge in [0.25, 0.3) is 0 Å². The Bertz CT molecular complexity index is 494. The molecule has 0 unspecified atom stereocenters. The molecule has 2 fully saturated rings. The lowest BCUT2D eigenvalue weighted by Crippen LogP contribution is -2.44. The van der Waals surface area contributed by atoms with Crippen molar-refractivity contribution < 1.29 is 4.79 Å². The summed E-state index contributed by atoms with van der Waals surface area (Å²) < 4.78 is 0. The molecule has 1 amide bonds. The minimum Gasteiger partial charge on any atom is -0.342 e. The van der Waals surface area contributed by atoms with Crippen LogP contribution in [0.25, 0.3) is 0 Å². The number of aromatic nitrogens is 1. The number of hydrogen-bond acceptors (Lipinski definition) is 3. The van der Waals surface area contributed by atoms with E-state index in [0.29, 0.717) is 11.8 Å². The van der Waals surface area contributed by atoms with Gasteiger partial charge in [0.2, 0.25) is 5.91 Å². The van der Waals surface area contributed by atoms with Gasteiger partial charge in [-0.25, -0.2) is 0 Å². The van der Waals surface area contributed by atoms with Gasteiger partial charge in [-0.15, -0.1) is 0 Å². The van der Waals surface area contributed by atoms with Gasteiger partial charge < -0.3 is 9.80 Å². The zero-order valence-electron chi connectivity index (χ0n) is 13.6. The van der Waals surface area contributed by atoms with Crippen LogP contribution in [-0.2, 0) is 11.2 Å². The summed E-state index contributed by atoms with van der Waals surface area (Å²) in [6.45, 7) is 4.31. The van der Waals surface area contributed by atoms with Crippen LogP contribution in [0.3, 0.4) is 0 Å². The Balaban J connectivity index is 1.54. The van der Waals surface area contributed by atoms with Crippen molar-refractivity contribution in [3.05, 3.63) is 30.1 Å². The van der Waals surface area contributed by atoms with E-state index in [4.69, 9.17) is 0 Å². The first kappa shape index (κ1) is 15.5. The zero-order chi connectivity index (χ0) is 15.4. The van der Waals surface area contributed by atoms with E-state index in [9.17, 15) is 4.79 Å². The number of piperidine rings is 1. The fraction of sp³-hybridized carbons (Fsp3) is 0.667. The number of likely N-dealkylation sites (tertiary alicyclic amines) is 2. The van der Waals surface area contributed by atoms with E-state index in [1.807, 2.05) is 12.1 Å². The van der Waals surface area contributed by atoms with Crippen LogP contribution in [0.4, 0.5) is 0 Å². The molecule has 3 heterocycles. The molecule has 1 aromatic rings. The molecule has 2 aliphatic heterocycles. The summed E-state index contributed by atoms with van der Waals surface area (Å²) in [5.41, 5.74) is 1.51. The van der Waals surface area contributed by atoms with Crippen molar-refractivity contribution >= 4 is 5.91 Å². The highest BCUT2D eigenvalue weighted by molar-refractivity contribution is 5.78. The highest BCUT2D eigenvalue weighted by Crippen LogP contribution is 2.41. The van der Waals surface area contributed by atoms with Crippen molar-refractivity contribution in [2.75, 3.05) is 33.2 Å². The quantitative estimate of drug-likeness (QED) is 0.841. The van der Waals surface area contributed by atoms with Crippen molar-refractivity contribution in [3.8, 4) is 0 Å². The number of carbonyl (C=O) groups is 1. The Morgan fingerprint density at radius 1 is 1.18 bits per heavy atom. The van der Waals surface area contributed by atoms with Crippen LogP contribution in [0.5, 0.6) is 0 Å². The number of rotatable bonds is 2. The summed E-state index contributed by atoms with van der Waals surface area (Å²) in [5.74, 6) is 0.258. The van der Waals surface area contributed by atoms with E-state index < -0.39 is 0 Å². The first-order chi connectivity index (χ1) is 10.7. The molecule has 0 bridgehead atoms. The van der Waals surface area contributed by atoms with Gasteiger partial charge in [0.05, 0.1) is 6.42 Å². The van der Waals surface area contributed by atoms with Crippen LogP contribution in [0.15, 0.2) is 24.5 Å². The predicted molar refractivity (Wildman–Crippen MR) is 87.5 cm³/mol. The van der Waals surface area contributed by atoms with Gasteiger partial charge in [0, 0.05) is 25.5 Å². The third-order valence-corrected chi connectivity index (χ3v) is 5.53. The largest absolute Gasteiger partial charge is 0.342 e. The minimum atomic E-state index is 0.258. The summed E-state index contributed by atoms with van der Waals surface area (Å²) in [7, 11) is 2.23. The molecule has 4 heteroatoms. The normalized spacial score (nSPS) is 22.5. The average Bonchev–Trinajstić information content (AvgIpc) is 2.71. The molecule has 1 aromatic heterocycles. The Morgan fingerprint density at radius 3 is 2.68 bits per heavy atom. The molecular weight excluding hydrogens is 274 g/mol. The van der Waals surface area contributed by atoms with Crippen molar-refractivity contribution in [1.29, 1.82) is 0 Å². The Hall–Kier alpha value is -1.42. The lowest BCUT2D eigenvalue weighted by atomic mass is 9.73. The molecular formula is C18H27N3O. The SMILES string of the molecule is CN1CCCC2(CC1)CCN(C(=O)Cc1cccnc1)CC2. The van der Waals surface area contributed by atoms with E-state index in [-0.39, 0.29) is 5.91 Å². The topological polar surface area (TPSA) is 36.4 Å². The smallest absolute Gasteiger partial charge is 0.227 e. The molecule has 22 heavy (non-hydrogen) atoms. The van der Waals surface area contributed by atoms with Gasteiger partial charge in [-0.2, -0.15) is 0 Å². The second-order valence-electron chi connectivity index (χ2n) is 7.08. The van der Waals surface area contributed by atoms with Crippen LogP contribution in [0.2, 0.25) is 0 Å². The molecule has 3 rings (SSSR count). The average molecular weight is 301 g/mol. The van der Waals surface area contributed by atoms with Crippen LogP contribution in [0, 0.1) is 5.41 Å². The van der Waals surface area contributed by atoms with Crippen molar-refractivity contribution in [2.24, 2.45) is 5.41 Å². The maximum Gasteiger partial charge on any atom is 0.227 e. The molecule has 0 saturated carbocycles. The molecule has 120 valence electrons. The van der Waals surface area contributed by atoms with Gasteiger partial charge in [0.15, 0.2) is 0 Å². The molecule has 0 atom stereocenters. The molecule has 0 radical (unpaired) electrons. The second-order valence-corrected chi connectivity index (χ2v) is 7.08. The number of nitrogens with zero attached hydrogens (tertiary/aromatic N) is 3. The summed E-state index contributed by atoms with van der Waals surface area (Å²) in [5, 5.41) is 0. The van der Waals surface area contributed by atoms with Crippen LogP contribution < -0.4 is 0 Å². The van der Waals surface area contributed by atoms with E-state index in [2.05, 4.69) is 21.8 Å². The first-order valence-electron chi connectivity index (χ1n) is 8.52. The summed E-state index contributed by atoms with van der Waals surface area (Å²) in [6.07, 6.45) is 10.3. The lowest BCUT2D eigenvalue weighted by Gasteiger charge is -2.41. The summed E-state index contributed by atoms with van der Waals surface area (Å²) >= 11 is 0. The molecule has 0 aromatic carbocycles. The van der Waals surface area contributed by atoms with Crippen LogP contribution >= 0.6 is 0 Å². The minimum absolute atomic E-state index is 0.258. The third kappa shape index (κ3) is 3.67. The predicted octanol–water partition coefficient (Wildman–Crippen LogP) is 2.35. The zero-order valence-corrected chi connectivity index (χ0v) is 13.6. The number of hydrogen-bond donors (Lipinski definition) is 0. The molecule has 2 aliphatic rings. The Labute approximate surface area is 133 Å². The number of amides is 1. The lowest BCUT2D eigenvalue weighted by molar-refractivity contribution is -0.133. The van der Waals surface area contributed by atoms with Gasteiger partial charge in [0.1, 0.15) is 0 Å². The Morgan fingerprint density at radius 2 is 1.95 bits per heavy atom. The third-order valence-electron chi connectivity index (χ3n) is 5.53. The maximum absolute atomic E-state index is 12.4. The van der Waals surface area contributed by atoms with Crippen molar-refractivity contribution in [2.45, 2.75) is 38.5 Å². The number of carbonyl (C=O) groups excluding carboxylic acids is 1. The van der Waals surface area contributed by atoms with E-state index >= 15 is 0 Å². The first-order valence-corrected chi connectivity index (χ1v) is 8.52. The van der Waals surface area contributed by atoms with Gasteiger partial charge in [-0.3, -0.25) is 9.78 Å². The van der Waals surface area contributed by atoms with E-state index in [0.717, 1.165) is 18.7 Å². The summed E-state index contributed by atoms with van der Waals surface area (Å²) in [6, 6.07) is 3.88. The van der Waals surface area contributed by atoms with Crippen LogP contribution in [0.1, 0.15) is 37.7 Å². The molecule has 1 spiro atoms. The molecule has 0 N–H and O–H groups in total. The highest BCUT2D eigenvalue weighted by Gasteiger charge is 2.36. The molecule has 2 saturated heterocycles. The van der Waals surface area contributed by atoms with Gasteiger partial charge in [-0.05, 0) is 69.3 Å². The van der Waals surface area contributed by atoms with Gasteiger partial charge in [-0.1, -0.05) is 6.07 Å².